The molecule has 28 heavy (non-hydrogen) atoms. The van der Waals surface area contributed by atoms with Crippen LogP contribution in [0.25, 0.3) is 16.8 Å². The lowest BCUT2D eigenvalue weighted by Crippen LogP contribution is -2.47. The SMILES string of the molecule is Cc1nc2ncnn2c(N2CCN(c3cnc4cc(Cl)ccc4n3)CC2)c1C. The third kappa shape index (κ3) is 2.80. The quantitative estimate of drug-likeness (QED) is 0.517. The van der Waals surface area contributed by atoms with Gasteiger partial charge in [-0.1, -0.05) is 11.6 Å². The molecule has 0 bridgehead atoms. The summed E-state index contributed by atoms with van der Waals surface area (Å²) >= 11 is 6.04. The van der Waals surface area contributed by atoms with Gasteiger partial charge in [-0.15, -0.1) is 0 Å². The standard InChI is InChI=1S/C19H19ClN8/c1-12-13(2)24-19-22-11-23-28(19)18(12)27-7-5-26(6-8-27)17-10-21-16-9-14(20)3-4-15(16)25-17/h3-4,9-11H,5-8H2,1-2H3. The first-order valence-corrected chi connectivity index (χ1v) is 9.57. The van der Waals surface area contributed by atoms with Crippen LogP contribution in [0.3, 0.4) is 0 Å². The normalized spacial score (nSPS) is 15.0. The van der Waals surface area contributed by atoms with E-state index < -0.39 is 0 Å². The van der Waals surface area contributed by atoms with Gasteiger partial charge in [-0.3, -0.25) is 4.98 Å². The maximum atomic E-state index is 6.04. The Morgan fingerprint density at radius 3 is 2.54 bits per heavy atom. The molecule has 0 radical (unpaired) electrons. The Labute approximate surface area is 166 Å². The second-order valence-corrected chi connectivity index (χ2v) is 7.39. The summed E-state index contributed by atoms with van der Waals surface area (Å²) in [6.07, 6.45) is 3.38. The molecule has 0 atom stereocenters. The minimum atomic E-state index is 0.639. The number of halogens is 1. The van der Waals surface area contributed by atoms with Crippen molar-refractivity contribution in [2.24, 2.45) is 0 Å². The number of hydrogen-bond acceptors (Lipinski definition) is 7. The molecule has 4 aromatic rings. The van der Waals surface area contributed by atoms with E-state index in [9.17, 15) is 0 Å². The van der Waals surface area contributed by atoms with E-state index in [1.807, 2.05) is 35.8 Å². The zero-order chi connectivity index (χ0) is 19.3. The van der Waals surface area contributed by atoms with E-state index in [1.165, 1.54) is 0 Å². The average molecular weight is 395 g/mol. The van der Waals surface area contributed by atoms with Crippen LogP contribution < -0.4 is 9.80 Å². The molecule has 8 nitrogen and oxygen atoms in total. The van der Waals surface area contributed by atoms with E-state index >= 15 is 0 Å². The van der Waals surface area contributed by atoms with Crippen LogP contribution in [0.2, 0.25) is 5.02 Å². The van der Waals surface area contributed by atoms with Crippen molar-refractivity contribution in [2.75, 3.05) is 36.0 Å². The number of fused-ring (bicyclic) bond motifs is 2. The van der Waals surface area contributed by atoms with Gasteiger partial charge in [-0.25, -0.2) is 9.97 Å². The Morgan fingerprint density at radius 1 is 0.929 bits per heavy atom. The number of nitrogens with zero attached hydrogens (tertiary/aromatic N) is 8. The number of aryl methyl sites for hydroxylation is 1. The summed E-state index contributed by atoms with van der Waals surface area (Å²) in [5.41, 5.74) is 3.78. The molecular weight excluding hydrogens is 376 g/mol. The number of benzene rings is 1. The van der Waals surface area contributed by atoms with E-state index in [1.54, 1.807) is 6.33 Å². The first-order valence-electron chi connectivity index (χ1n) is 9.19. The number of piperazine rings is 1. The molecule has 0 N–H and O–H groups in total. The largest absolute Gasteiger partial charge is 0.353 e. The molecule has 0 saturated carbocycles. The van der Waals surface area contributed by atoms with Crippen LogP contribution >= 0.6 is 11.6 Å². The molecule has 9 heteroatoms. The lowest BCUT2D eigenvalue weighted by Gasteiger charge is -2.37. The summed E-state index contributed by atoms with van der Waals surface area (Å²) in [5, 5.41) is 5.04. The molecule has 1 saturated heterocycles. The van der Waals surface area contributed by atoms with Crippen LogP contribution in [-0.4, -0.2) is 55.7 Å². The molecule has 1 fully saturated rings. The van der Waals surface area contributed by atoms with Crippen molar-refractivity contribution in [2.45, 2.75) is 13.8 Å². The van der Waals surface area contributed by atoms with Gasteiger partial charge in [0.05, 0.1) is 17.2 Å². The number of hydrogen-bond donors (Lipinski definition) is 0. The highest BCUT2D eigenvalue weighted by Gasteiger charge is 2.23. The molecule has 4 heterocycles. The molecule has 0 aliphatic carbocycles. The third-order valence-corrected chi connectivity index (χ3v) is 5.51. The Hall–Kier alpha value is -3.00. The van der Waals surface area contributed by atoms with Gasteiger partial charge < -0.3 is 9.80 Å². The van der Waals surface area contributed by atoms with Gasteiger partial charge in [0, 0.05) is 42.5 Å². The molecule has 1 aliphatic rings. The minimum Gasteiger partial charge on any atom is -0.353 e. The van der Waals surface area contributed by atoms with Gasteiger partial charge in [0.15, 0.2) is 0 Å². The Balaban J connectivity index is 1.41. The van der Waals surface area contributed by atoms with Gasteiger partial charge >= 0.3 is 0 Å². The van der Waals surface area contributed by atoms with Gasteiger partial charge in [-0.2, -0.15) is 14.6 Å². The lowest BCUT2D eigenvalue weighted by molar-refractivity contribution is 0.631. The first kappa shape index (κ1) is 17.1. The smallest absolute Gasteiger partial charge is 0.254 e. The van der Waals surface area contributed by atoms with Crippen molar-refractivity contribution in [3.05, 3.63) is 47.0 Å². The van der Waals surface area contributed by atoms with Crippen LogP contribution in [0.5, 0.6) is 0 Å². The summed E-state index contributed by atoms with van der Waals surface area (Å²) in [7, 11) is 0. The molecule has 0 amide bonds. The maximum Gasteiger partial charge on any atom is 0.254 e. The van der Waals surface area contributed by atoms with Crippen LogP contribution in [-0.2, 0) is 0 Å². The maximum absolute atomic E-state index is 6.04. The van der Waals surface area contributed by atoms with Crippen LogP contribution in [0.4, 0.5) is 11.6 Å². The summed E-state index contributed by atoms with van der Waals surface area (Å²) in [4.78, 5) is 22.7. The summed E-state index contributed by atoms with van der Waals surface area (Å²) < 4.78 is 1.83. The summed E-state index contributed by atoms with van der Waals surface area (Å²) in [5.74, 6) is 2.60. The van der Waals surface area contributed by atoms with Crippen LogP contribution in [0, 0.1) is 13.8 Å². The second-order valence-electron chi connectivity index (χ2n) is 6.95. The Morgan fingerprint density at radius 2 is 1.71 bits per heavy atom. The molecule has 1 aliphatic heterocycles. The lowest BCUT2D eigenvalue weighted by atomic mass is 10.2. The fourth-order valence-electron chi connectivity index (χ4n) is 3.66. The van der Waals surface area contributed by atoms with E-state index in [4.69, 9.17) is 16.6 Å². The van der Waals surface area contributed by atoms with Crippen molar-refractivity contribution in [1.82, 2.24) is 29.5 Å². The fourth-order valence-corrected chi connectivity index (χ4v) is 3.83. The second kappa shape index (κ2) is 6.56. The van der Waals surface area contributed by atoms with Crippen molar-refractivity contribution < 1.29 is 0 Å². The predicted molar refractivity (Wildman–Crippen MR) is 109 cm³/mol. The Bertz CT molecular complexity index is 1180. The molecule has 1 aromatic carbocycles. The fraction of sp³-hybridized carbons (Fsp3) is 0.316. The summed E-state index contributed by atoms with van der Waals surface area (Å²) in [6, 6.07) is 5.59. The first-order chi connectivity index (χ1) is 13.6. The van der Waals surface area contributed by atoms with Crippen molar-refractivity contribution in [3.63, 3.8) is 0 Å². The molecule has 3 aromatic heterocycles. The zero-order valence-electron chi connectivity index (χ0n) is 15.7. The van der Waals surface area contributed by atoms with E-state index in [0.29, 0.717) is 10.8 Å². The average Bonchev–Trinajstić information content (AvgIpc) is 3.16. The van der Waals surface area contributed by atoms with Gasteiger partial charge in [0.1, 0.15) is 18.0 Å². The van der Waals surface area contributed by atoms with E-state index in [0.717, 1.165) is 60.1 Å². The molecule has 5 rings (SSSR count). The van der Waals surface area contributed by atoms with E-state index in [-0.39, 0.29) is 0 Å². The highest BCUT2D eigenvalue weighted by atomic mass is 35.5. The molecular formula is C19H19ClN8. The summed E-state index contributed by atoms with van der Waals surface area (Å²) in [6.45, 7) is 7.53. The van der Waals surface area contributed by atoms with Gasteiger partial charge in [0.2, 0.25) is 0 Å². The predicted octanol–water partition coefficient (Wildman–Crippen LogP) is 2.66. The zero-order valence-corrected chi connectivity index (χ0v) is 16.4. The van der Waals surface area contributed by atoms with Crippen LogP contribution in [0.1, 0.15) is 11.3 Å². The van der Waals surface area contributed by atoms with Crippen molar-refractivity contribution in [1.29, 1.82) is 0 Å². The topological polar surface area (TPSA) is 75.3 Å². The molecule has 0 unspecified atom stereocenters. The minimum absolute atomic E-state index is 0.639. The van der Waals surface area contributed by atoms with Crippen molar-refractivity contribution in [3.8, 4) is 0 Å². The molecule has 0 spiro atoms. The third-order valence-electron chi connectivity index (χ3n) is 5.27. The number of aromatic nitrogens is 6. The highest BCUT2D eigenvalue weighted by molar-refractivity contribution is 6.31. The monoisotopic (exact) mass is 394 g/mol. The van der Waals surface area contributed by atoms with Gasteiger partial charge in [0.25, 0.3) is 5.78 Å². The van der Waals surface area contributed by atoms with E-state index in [2.05, 4.69) is 36.8 Å². The Kier molecular flexibility index (Phi) is 4.01. The number of rotatable bonds is 2. The van der Waals surface area contributed by atoms with Gasteiger partial charge in [-0.05, 0) is 32.0 Å². The van der Waals surface area contributed by atoms with Crippen molar-refractivity contribution >= 4 is 40.0 Å². The molecule has 142 valence electrons. The van der Waals surface area contributed by atoms with Crippen LogP contribution in [0.15, 0.2) is 30.7 Å². The highest BCUT2D eigenvalue weighted by Crippen LogP contribution is 2.25. The number of anilines is 2.